The predicted molar refractivity (Wildman–Crippen MR) is 54.3 cm³/mol. The molecule has 2 nitrogen and oxygen atoms in total. The number of fused-ring (bicyclic) bond motifs is 1. The molecule has 0 bridgehead atoms. The van der Waals surface area contributed by atoms with Gasteiger partial charge in [-0.3, -0.25) is 4.98 Å². The Morgan fingerprint density at radius 3 is 2.92 bits per heavy atom. The zero-order chi connectivity index (χ0) is 9.26. The summed E-state index contributed by atoms with van der Waals surface area (Å²) in [6.45, 7) is 1.98. The molecule has 0 amide bonds. The van der Waals surface area contributed by atoms with E-state index >= 15 is 0 Å². The van der Waals surface area contributed by atoms with Crippen LogP contribution in [0.3, 0.4) is 0 Å². The van der Waals surface area contributed by atoms with Gasteiger partial charge in [0.25, 0.3) is 0 Å². The Bertz CT molecular complexity index is 421. The molecule has 1 atom stereocenters. The van der Waals surface area contributed by atoms with Crippen molar-refractivity contribution >= 4 is 10.9 Å². The SMILES string of the molecule is C[C@H](N)c1ccc2ncccc2c1. The zero-order valence-electron chi connectivity index (χ0n) is 7.57. The van der Waals surface area contributed by atoms with E-state index in [4.69, 9.17) is 5.73 Å². The van der Waals surface area contributed by atoms with Crippen LogP contribution in [0.25, 0.3) is 10.9 Å². The highest BCUT2D eigenvalue weighted by atomic mass is 14.6. The topological polar surface area (TPSA) is 38.9 Å². The Morgan fingerprint density at radius 1 is 1.31 bits per heavy atom. The van der Waals surface area contributed by atoms with Gasteiger partial charge in [0.2, 0.25) is 0 Å². The van der Waals surface area contributed by atoms with E-state index in [1.54, 1.807) is 6.20 Å². The van der Waals surface area contributed by atoms with Crippen LogP contribution in [-0.4, -0.2) is 4.98 Å². The van der Waals surface area contributed by atoms with Gasteiger partial charge in [-0.05, 0) is 30.7 Å². The summed E-state index contributed by atoms with van der Waals surface area (Å²) in [6, 6.07) is 10.2. The molecule has 1 aromatic carbocycles. The fraction of sp³-hybridized carbons (Fsp3) is 0.182. The number of aromatic nitrogens is 1. The van der Waals surface area contributed by atoms with Gasteiger partial charge in [0.1, 0.15) is 0 Å². The zero-order valence-corrected chi connectivity index (χ0v) is 7.57. The second-order valence-corrected chi connectivity index (χ2v) is 3.24. The highest BCUT2D eigenvalue weighted by molar-refractivity contribution is 5.79. The van der Waals surface area contributed by atoms with Crippen molar-refractivity contribution in [3.05, 3.63) is 42.1 Å². The van der Waals surface area contributed by atoms with Crippen molar-refractivity contribution in [2.45, 2.75) is 13.0 Å². The number of nitrogens with zero attached hydrogens (tertiary/aromatic N) is 1. The molecule has 0 aliphatic heterocycles. The number of hydrogen-bond acceptors (Lipinski definition) is 2. The monoisotopic (exact) mass is 172 g/mol. The molecule has 2 heteroatoms. The first-order valence-electron chi connectivity index (χ1n) is 4.37. The average molecular weight is 172 g/mol. The molecule has 0 spiro atoms. The van der Waals surface area contributed by atoms with E-state index < -0.39 is 0 Å². The van der Waals surface area contributed by atoms with E-state index in [0.717, 1.165) is 16.5 Å². The number of nitrogens with two attached hydrogens (primary N) is 1. The maximum atomic E-state index is 5.78. The quantitative estimate of drug-likeness (QED) is 0.716. The van der Waals surface area contributed by atoms with Crippen molar-refractivity contribution in [3.8, 4) is 0 Å². The van der Waals surface area contributed by atoms with Crippen molar-refractivity contribution < 1.29 is 0 Å². The molecular weight excluding hydrogens is 160 g/mol. The molecule has 2 aromatic rings. The molecule has 1 aromatic heterocycles. The van der Waals surface area contributed by atoms with Gasteiger partial charge >= 0.3 is 0 Å². The second-order valence-electron chi connectivity index (χ2n) is 3.24. The van der Waals surface area contributed by atoms with Gasteiger partial charge in [0.05, 0.1) is 5.52 Å². The van der Waals surface area contributed by atoms with Crippen LogP contribution in [0.2, 0.25) is 0 Å². The van der Waals surface area contributed by atoms with Crippen LogP contribution in [0.1, 0.15) is 18.5 Å². The molecular formula is C11H12N2. The minimum Gasteiger partial charge on any atom is -0.324 e. The Balaban J connectivity index is 2.62. The first kappa shape index (κ1) is 8.20. The summed E-state index contributed by atoms with van der Waals surface area (Å²) in [4.78, 5) is 4.24. The lowest BCUT2D eigenvalue weighted by Gasteiger charge is -2.05. The normalized spacial score (nSPS) is 13.1. The van der Waals surface area contributed by atoms with E-state index in [2.05, 4.69) is 11.1 Å². The molecule has 13 heavy (non-hydrogen) atoms. The second kappa shape index (κ2) is 3.15. The summed E-state index contributed by atoms with van der Waals surface area (Å²) >= 11 is 0. The minimum atomic E-state index is 0.0876. The summed E-state index contributed by atoms with van der Waals surface area (Å²) < 4.78 is 0. The molecule has 2 N–H and O–H groups in total. The summed E-state index contributed by atoms with van der Waals surface area (Å²) in [5, 5.41) is 1.15. The Hall–Kier alpha value is -1.41. The maximum absolute atomic E-state index is 5.78. The van der Waals surface area contributed by atoms with E-state index in [0.29, 0.717) is 0 Å². The van der Waals surface area contributed by atoms with Crippen LogP contribution in [0.4, 0.5) is 0 Å². The molecule has 0 unspecified atom stereocenters. The van der Waals surface area contributed by atoms with E-state index in [1.807, 2.05) is 31.2 Å². The molecule has 0 aliphatic carbocycles. The van der Waals surface area contributed by atoms with Crippen LogP contribution in [-0.2, 0) is 0 Å². The predicted octanol–water partition coefficient (Wildman–Crippen LogP) is 2.25. The number of benzene rings is 1. The van der Waals surface area contributed by atoms with E-state index in [9.17, 15) is 0 Å². The molecule has 0 radical (unpaired) electrons. The molecule has 0 fully saturated rings. The third-order valence-corrected chi connectivity index (χ3v) is 2.15. The van der Waals surface area contributed by atoms with Crippen LogP contribution in [0, 0.1) is 0 Å². The third kappa shape index (κ3) is 1.53. The van der Waals surface area contributed by atoms with Gasteiger partial charge in [-0.2, -0.15) is 0 Å². The number of rotatable bonds is 1. The van der Waals surface area contributed by atoms with Gasteiger partial charge in [-0.1, -0.05) is 12.1 Å². The van der Waals surface area contributed by atoms with Crippen molar-refractivity contribution in [2.24, 2.45) is 5.73 Å². The van der Waals surface area contributed by atoms with Crippen molar-refractivity contribution in [1.82, 2.24) is 4.98 Å². The highest BCUT2D eigenvalue weighted by Crippen LogP contribution is 2.16. The number of hydrogen-bond donors (Lipinski definition) is 1. The largest absolute Gasteiger partial charge is 0.324 e. The summed E-state index contributed by atoms with van der Waals surface area (Å²) in [5.41, 5.74) is 7.96. The molecule has 0 saturated carbocycles. The van der Waals surface area contributed by atoms with Crippen LogP contribution in [0.15, 0.2) is 36.5 Å². The van der Waals surface area contributed by atoms with Gasteiger partial charge < -0.3 is 5.73 Å². The summed E-state index contributed by atoms with van der Waals surface area (Å²) in [6.07, 6.45) is 1.80. The number of pyridine rings is 1. The fourth-order valence-corrected chi connectivity index (χ4v) is 1.38. The van der Waals surface area contributed by atoms with E-state index in [-0.39, 0.29) is 6.04 Å². The molecule has 2 rings (SSSR count). The summed E-state index contributed by atoms with van der Waals surface area (Å²) in [5.74, 6) is 0. The highest BCUT2D eigenvalue weighted by Gasteiger charge is 2.00. The Morgan fingerprint density at radius 2 is 2.15 bits per heavy atom. The van der Waals surface area contributed by atoms with Gasteiger partial charge in [-0.25, -0.2) is 0 Å². The lowest BCUT2D eigenvalue weighted by Crippen LogP contribution is -2.04. The van der Waals surface area contributed by atoms with Crippen molar-refractivity contribution in [3.63, 3.8) is 0 Å². The van der Waals surface area contributed by atoms with Crippen molar-refractivity contribution in [1.29, 1.82) is 0 Å². The van der Waals surface area contributed by atoms with Crippen LogP contribution in [0.5, 0.6) is 0 Å². The summed E-state index contributed by atoms with van der Waals surface area (Å²) in [7, 11) is 0. The van der Waals surface area contributed by atoms with Crippen LogP contribution >= 0.6 is 0 Å². The average Bonchev–Trinajstić information content (AvgIpc) is 2.17. The van der Waals surface area contributed by atoms with Gasteiger partial charge in [0, 0.05) is 17.6 Å². The lowest BCUT2D eigenvalue weighted by molar-refractivity contribution is 0.820. The molecule has 66 valence electrons. The Kier molecular flexibility index (Phi) is 1.99. The first-order valence-corrected chi connectivity index (χ1v) is 4.37. The smallest absolute Gasteiger partial charge is 0.0702 e. The van der Waals surface area contributed by atoms with Crippen molar-refractivity contribution in [2.75, 3.05) is 0 Å². The fourth-order valence-electron chi connectivity index (χ4n) is 1.38. The van der Waals surface area contributed by atoms with Crippen LogP contribution < -0.4 is 5.73 Å². The molecule has 0 aliphatic rings. The lowest BCUT2D eigenvalue weighted by atomic mass is 10.1. The van der Waals surface area contributed by atoms with E-state index in [1.165, 1.54) is 0 Å². The Labute approximate surface area is 77.4 Å². The molecule has 1 heterocycles. The van der Waals surface area contributed by atoms with Gasteiger partial charge in [-0.15, -0.1) is 0 Å². The molecule has 0 saturated heterocycles. The minimum absolute atomic E-state index is 0.0876. The third-order valence-electron chi connectivity index (χ3n) is 2.15. The maximum Gasteiger partial charge on any atom is 0.0702 e. The first-order chi connectivity index (χ1) is 6.27. The standard InChI is InChI=1S/C11H12N2/c1-8(12)9-4-5-11-10(7-9)3-2-6-13-11/h2-8H,12H2,1H3/t8-/m0/s1. The van der Waals surface area contributed by atoms with Gasteiger partial charge in [0.15, 0.2) is 0 Å².